The van der Waals surface area contributed by atoms with E-state index < -0.39 is 10.0 Å². The number of hydrogen-bond acceptors (Lipinski definition) is 5. The molecule has 1 aliphatic heterocycles. The Kier molecular flexibility index (Phi) is 13.0. The number of likely N-dealkylation sites (tertiary alicyclic amines) is 1. The lowest BCUT2D eigenvalue weighted by molar-refractivity contribution is -0.135. The van der Waals surface area contributed by atoms with Crippen LogP contribution in [0.15, 0.2) is 24.3 Å². The summed E-state index contributed by atoms with van der Waals surface area (Å²) in [4.78, 5) is 29.6. The molecule has 204 valence electrons. The highest BCUT2D eigenvalue weighted by atomic mass is 35.5. The third-order valence-corrected chi connectivity index (χ3v) is 8.57. The first-order chi connectivity index (χ1) is 17.2. The Bertz CT molecular complexity index is 921. The molecule has 0 atom stereocenters. The zero-order valence-corrected chi connectivity index (χ0v) is 23.3. The SMILES string of the molecule is CCCCNC(=O)N1CCC(N(Cc2ccc(Cl)cc2)C(=O)CN(CCOC)S(=O)(=O)CCC)CC1. The predicted octanol–water partition coefficient (Wildman–Crippen LogP) is 3.33. The quantitative estimate of drug-likeness (QED) is 0.362. The van der Waals surface area contributed by atoms with E-state index >= 15 is 0 Å². The Morgan fingerprint density at radius 1 is 1.14 bits per heavy atom. The highest BCUT2D eigenvalue weighted by Gasteiger charge is 2.32. The summed E-state index contributed by atoms with van der Waals surface area (Å²) in [5, 5.41) is 3.56. The minimum atomic E-state index is -3.59. The van der Waals surface area contributed by atoms with Gasteiger partial charge in [0.1, 0.15) is 0 Å². The number of carbonyl (C=O) groups excluding carboxylic acids is 2. The van der Waals surface area contributed by atoms with Gasteiger partial charge < -0.3 is 19.9 Å². The van der Waals surface area contributed by atoms with Crippen LogP contribution in [-0.2, 0) is 26.1 Å². The van der Waals surface area contributed by atoms with Crippen molar-refractivity contribution in [2.75, 3.05) is 52.2 Å². The molecule has 3 amide bonds. The molecule has 1 N–H and O–H groups in total. The number of ether oxygens (including phenoxy) is 1. The number of unbranched alkanes of at least 4 members (excludes halogenated alkanes) is 1. The number of benzene rings is 1. The maximum absolute atomic E-state index is 13.6. The first-order valence-electron chi connectivity index (χ1n) is 12.7. The number of urea groups is 1. The van der Waals surface area contributed by atoms with Gasteiger partial charge in [0.05, 0.1) is 18.9 Å². The number of carbonyl (C=O) groups is 2. The summed E-state index contributed by atoms with van der Waals surface area (Å²) in [6, 6.07) is 7.11. The average Bonchev–Trinajstić information content (AvgIpc) is 2.86. The molecule has 0 bridgehead atoms. The molecule has 0 spiro atoms. The van der Waals surface area contributed by atoms with Crippen LogP contribution in [0.1, 0.15) is 51.5 Å². The van der Waals surface area contributed by atoms with Gasteiger partial charge in [-0.2, -0.15) is 4.31 Å². The Hall–Kier alpha value is -1.88. The first kappa shape index (κ1) is 30.3. The molecule has 1 saturated heterocycles. The predicted molar refractivity (Wildman–Crippen MR) is 142 cm³/mol. The van der Waals surface area contributed by atoms with E-state index in [-0.39, 0.29) is 43.4 Å². The first-order valence-corrected chi connectivity index (χ1v) is 14.7. The number of nitrogens with one attached hydrogen (secondary N) is 1. The van der Waals surface area contributed by atoms with Gasteiger partial charge in [0.15, 0.2) is 0 Å². The van der Waals surface area contributed by atoms with Crippen molar-refractivity contribution in [2.45, 2.75) is 58.5 Å². The number of rotatable bonds is 14. The lowest BCUT2D eigenvalue weighted by Crippen LogP contribution is -2.53. The average molecular weight is 545 g/mol. The Labute approximate surface area is 221 Å². The fourth-order valence-corrected chi connectivity index (χ4v) is 5.77. The third kappa shape index (κ3) is 9.53. The smallest absolute Gasteiger partial charge is 0.317 e. The molecule has 0 radical (unpaired) electrons. The van der Waals surface area contributed by atoms with E-state index in [1.54, 1.807) is 28.9 Å². The van der Waals surface area contributed by atoms with Gasteiger partial charge in [-0.1, -0.05) is 44.0 Å². The van der Waals surface area contributed by atoms with Crippen molar-refractivity contribution in [3.8, 4) is 0 Å². The van der Waals surface area contributed by atoms with Gasteiger partial charge in [-0.3, -0.25) is 4.79 Å². The lowest BCUT2D eigenvalue weighted by atomic mass is 10.0. The molecule has 0 aromatic heterocycles. The van der Waals surface area contributed by atoms with Crippen molar-refractivity contribution < 1.29 is 22.7 Å². The molecule has 2 rings (SSSR count). The number of sulfonamides is 1. The molecule has 0 unspecified atom stereocenters. The summed E-state index contributed by atoms with van der Waals surface area (Å²) in [6.07, 6.45) is 3.67. The van der Waals surface area contributed by atoms with Crippen LogP contribution in [0, 0.1) is 0 Å². The zero-order chi connectivity index (χ0) is 26.6. The summed E-state index contributed by atoms with van der Waals surface area (Å²) in [5.41, 5.74) is 0.910. The van der Waals surface area contributed by atoms with Gasteiger partial charge in [-0.15, -0.1) is 0 Å². The van der Waals surface area contributed by atoms with Gasteiger partial charge in [0.2, 0.25) is 15.9 Å². The van der Waals surface area contributed by atoms with Crippen LogP contribution >= 0.6 is 11.6 Å². The summed E-state index contributed by atoms with van der Waals surface area (Å²) < 4.78 is 32.0. The standard InChI is InChI=1S/C25H41ClN4O5S/c1-4-6-13-27-25(32)28-14-11-23(12-15-28)30(19-21-7-9-22(26)10-8-21)24(31)20-29(16-17-35-3)36(33,34)18-5-2/h7-10,23H,4-6,11-20H2,1-3H3,(H,27,32). The third-order valence-electron chi connectivity index (χ3n) is 6.30. The molecule has 36 heavy (non-hydrogen) atoms. The fraction of sp³-hybridized carbons (Fsp3) is 0.680. The van der Waals surface area contributed by atoms with Gasteiger partial charge in [0, 0.05) is 50.9 Å². The van der Waals surface area contributed by atoms with Crippen LogP contribution in [0.2, 0.25) is 5.02 Å². The molecule has 1 aliphatic rings. The van der Waals surface area contributed by atoms with Crippen molar-refractivity contribution in [2.24, 2.45) is 0 Å². The summed E-state index contributed by atoms with van der Waals surface area (Å²) in [5.74, 6) is -0.279. The number of hydrogen-bond donors (Lipinski definition) is 1. The Balaban J connectivity index is 2.16. The van der Waals surface area contributed by atoms with Crippen LogP contribution < -0.4 is 5.32 Å². The van der Waals surface area contributed by atoms with Crippen LogP contribution in [0.5, 0.6) is 0 Å². The van der Waals surface area contributed by atoms with E-state index in [4.69, 9.17) is 16.3 Å². The summed E-state index contributed by atoms with van der Waals surface area (Å²) in [7, 11) is -2.08. The molecule has 1 aromatic rings. The fourth-order valence-electron chi connectivity index (χ4n) is 4.21. The Morgan fingerprint density at radius 2 is 1.81 bits per heavy atom. The van der Waals surface area contributed by atoms with Crippen molar-refractivity contribution in [3.05, 3.63) is 34.9 Å². The van der Waals surface area contributed by atoms with Crippen LogP contribution in [0.4, 0.5) is 4.79 Å². The second-order valence-corrected chi connectivity index (χ2v) is 11.6. The minimum absolute atomic E-state index is 0.0211. The van der Waals surface area contributed by atoms with Gasteiger partial charge in [-0.05, 0) is 43.4 Å². The van der Waals surface area contributed by atoms with Crippen molar-refractivity contribution in [3.63, 3.8) is 0 Å². The topological polar surface area (TPSA) is 99.3 Å². The number of methoxy groups -OCH3 is 1. The highest BCUT2D eigenvalue weighted by molar-refractivity contribution is 7.89. The molecule has 1 heterocycles. The molecular weight excluding hydrogens is 504 g/mol. The van der Waals surface area contributed by atoms with E-state index in [1.165, 1.54) is 11.4 Å². The number of nitrogens with zero attached hydrogens (tertiary/aromatic N) is 3. The van der Waals surface area contributed by atoms with Crippen molar-refractivity contribution in [1.29, 1.82) is 0 Å². The monoisotopic (exact) mass is 544 g/mol. The normalized spacial score (nSPS) is 14.8. The van der Waals surface area contributed by atoms with Gasteiger partial charge in [-0.25, -0.2) is 13.2 Å². The van der Waals surface area contributed by atoms with Gasteiger partial charge >= 0.3 is 6.03 Å². The second kappa shape index (κ2) is 15.4. The van der Waals surface area contributed by atoms with Crippen LogP contribution in [0.25, 0.3) is 0 Å². The molecule has 9 nitrogen and oxygen atoms in total. The molecule has 1 aromatic carbocycles. The lowest BCUT2D eigenvalue weighted by Gasteiger charge is -2.39. The molecule has 1 fully saturated rings. The van der Waals surface area contributed by atoms with E-state index in [0.29, 0.717) is 50.5 Å². The number of amides is 3. The minimum Gasteiger partial charge on any atom is -0.383 e. The maximum Gasteiger partial charge on any atom is 0.317 e. The van der Waals surface area contributed by atoms with E-state index in [2.05, 4.69) is 12.2 Å². The molecular formula is C25H41ClN4O5S. The highest BCUT2D eigenvalue weighted by Crippen LogP contribution is 2.21. The van der Waals surface area contributed by atoms with Crippen molar-refractivity contribution >= 4 is 33.6 Å². The molecule has 11 heteroatoms. The van der Waals surface area contributed by atoms with E-state index in [9.17, 15) is 18.0 Å². The summed E-state index contributed by atoms with van der Waals surface area (Å²) >= 11 is 6.04. The van der Waals surface area contributed by atoms with Crippen LogP contribution in [0.3, 0.4) is 0 Å². The van der Waals surface area contributed by atoms with E-state index in [0.717, 1.165) is 18.4 Å². The van der Waals surface area contributed by atoms with Gasteiger partial charge in [0.25, 0.3) is 0 Å². The molecule has 0 aliphatic carbocycles. The van der Waals surface area contributed by atoms with Crippen LogP contribution in [-0.4, -0.2) is 92.7 Å². The second-order valence-electron chi connectivity index (χ2n) is 9.09. The Morgan fingerprint density at radius 3 is 2.39 bits per heavy atom. The number of halogens is 1. The van der Waals surface area contributed by atoms with E-state index in [1.807, 2.05) is 12.1 Å². The maximum atomic E-state index is 13.6. The van der Waals surface area contributed by atoms with Crippen molar-refractivity contribution in [1.82, 2.24) is 19.4 Å². The number of piperidine rings is 1. The summed E-state index contributed by atoms with van der Waals surface area (Å²) in [6.45, 7) is 6.03. The largest absolute Gasteiger partial charge is 0.383 e. The molecule has 0 saturated carbocycles. The zero-order valence-electron chi connectivity index (χ0n) is 21.7.